The lowest BCUT2D eigenvalue weighted by molar-refractivity contribution is -0.870. The molecule has 66 heavy (non-hydrogen) atoms. The normalized spacial score (nSPS) is 13.8. The van der Waals surface area contributed by atoms with Gasteiger partial charge in [0.1, 0.15) is 19.3 Å². The van der Waals surface area contributed by atoms with Crippen LogP contribution in [0.25, 0.3) is 0 Å². The highest BCUT2D eigenvalue weighted by Crippen LogP contribution is 2.43. The molecule has 0 aliphatic carbocycles. The third-order valence-corrected chi connectivity index (χ3v) is 13.1. The van der Waals surface area contributed by atoms with Crippen molar-refractivity contribution in [1.82, 2.24) is 0 Å². The Bertz CT molecular complexity index is 1200. The summed E-state index contributed by atoms with van der Waals surface area (Å²) in [4.78, 5) is 23.1. The van der Waals surface area contributed by atoms with Gasteiger partial charge in [-0.1, -0.05) is 242 Å². The lowest BCUT2D eigenvalue weighted by atomic mass is 10.0. The van der Waals surface area contributed by atoms with Crippen LogP contribution < -0.4 is 0 Å². The van der Waals surface area contributed by atoms with Crippen molar-refractivity contribution >= 4 is 13.8 Å². The van der Waals surface area contributed by atoms with Crippen LogP contribution in [0.4, 0.5) is 0 Å². The number of ether oxygens (including phenoxy) is 2. The fourth-order valence-electron chi connectivity index (χ4n) is 7.90. The molecule has 0 heterocycles. The number of nitrogens with zero attached hydrogens (tertiary/aromatic N) is 1. The summed E-state index contributed by atoms with van der Waals surface area (Å²) in [6.07, 6.45) is 63.1. The van der Waals surface area contributed by atoms with Gasteiger partial charge in [-0.05, 0) is 51.4 Å². The van der Waals surface area contributed by atoms with Gasteiger partial charge in [0.2, 0.25) is 0 Å². The van der Waals surface area contributed by atoms with Gasteiger partial charge in [0.25, 0.3) is 0 Å². The topological polar surface area (TPSA) is 91.3 Å². The molecule has 0 saturated heterocycles. The zero-order chi connectivity index (χ0) is 48.3. The molecule has 1 N–H and O–H groups in total. The quantitative estimate of drug-likeness (QED) is 0.0213. The third kappa shape index (κ3) is 53.4. The van der Waals surface area contributed by atoms with Gasteiger partial charge in [-0.15, -0.1) is 0 Å². The molecule has 0 aromatic heterocycles. The summed E-state index contributed by atoms with van der Waals surface area (Å²) >= 11 is 0. The molecule has 0 rings (SSSR count). The number of carbonyl (C=O) groups is 1. The standard InChI is InChI=1S/C57H108NO7P/c1-6-8-10-12-14-16-18-20-22-24-26-28-29-30-31-32-34-36-38-40-42-44-46-48-50-57(59)65-56(55-64-66(60,61)63-53-51-58(3,4)5)54-62-52-49-47-45-43-41-39-37-35-33-27-25-23-21-19-17-15-13-11-9-7-2/h9,11,15,17,21,23,27,33,56H,6-8,10,12-14,16,18-20,22,24-26,28-32,34-55H2,1-5H3/p+1/b11-9-,17-15-,23-21-,33-27-. The van der Waals surface area contributed by atoms with Gasteiger partial charge in [-0.2, -0.15) is 0 Å². The molecule has 8 nitrogen and oxygen atoms in total. The van der Waals surface area contributed by atoms with Crippen molar-refractivity contribution in [3.8, 4) is 0 Å². The highest BCUT2D eigenvalue weighted by molar-refractivity contribution is 7.47. The molecule has 0 bridgehead atoms. The maximum atomic E-state index is 12.8. The van der Waals surface area contributed by atoms with Crippen LogP contribution in [-0.4, -0.2) is 75.6 Å². The van der Waals surface area contributed by atoms with Crippen LogP contribution in [-0.2, 0) is 27.9 Å². The smallest absolute Gasteiger partial charge is 0.457 e. The third-order valence-electron chi connectivity index (χ3n) is 12.2. The minimum absolute atomic E-state index is 0.0864. The number of hydrogen-bond acceptors (Lipinski definition) is 6. The first kappa shape index (κ1) is 64.5. The minimum atomic E-state index is -4.29. The number of carbonyl (C=O) groups excluding carboxylic acids is 1. The summed E-state index contributed by atoms with van der Waals surface area (Å²) in [5.41, 5.74) is 0. The van der Waals surface area contributed by atoms with E-state index in [9.17, 15) is 14.3 Å². The second kappa shape index (κ2) is 49.9. The molecule has 0 spiro atoms. The zero-order valence-corrected chi connectivity index (χ0v) is 45.1. The maximum Gasteiger partial charge on any atom is 0.472 e. The van der Waals surface area contributed by atoms with Crippen LogP contribution in [0.15, 0.2) is 48.6 Å². The highest BCUT2D eigenvalue weighted by atomic mass is 31.2. The van der Waals surface area contributed by atoms with Gasteiger partial charge in [-0.25, -0.2) is 4.57 Å². The molecule has 0 aliphatic rings. The van der Waals surface area contributed by atoms with E-state index in [0.29, 0.717) is 24.1 Å². The van der Waals surface area contributed by atoms with Crippen molar-refractivity contribution in [2.24, 2.45) is 0 Å². The minimum Gasteiger partial charge on any atom is -0.457 e. The summed E-state index contributed by atoms with van der Waals surface area (Å²) < 4.78 is 35.2. The van der Waals surface area contributed by atoms with Crippen molar-refractivity contribution in [1.29, 1.82) is 0 Å². The highest BCUT2D eigenvalue weighted by Gasteiger charge is 2.26. The van der Waals surface area contributed by atoms with Gasteiger partial charge >= 0.3 is 13.8 Å². The van der Waals surface area contributed by atoms with Crippen LogP contribution in [0.2, 0.25) is 0 Å². The molecule has 2 unspecified atom stereocenters. The van der Waals surface area contributed by atoms with Gasteiger partial charge in [0.05, 0.1) is 34.4 Å². The second-order valence-corrected chi connectivity index (χ2v) is 21.4. The van der Waals surface area contributed by atoms with Crippen LogP contribution in [0, 0.1) is 0 Å². The number of quaternary nitrogens is 1. The van der Waals surface area contributed by atoms with E-state index in [0.717, 1.165) is 64.2 Å². The predicted octanol–water partition coefficient (Wildman–Crippen LogP) is 17.5. The summed E-state index contributed by atoms with van der Waals surface area (Å²) in [6, 6.07) is 0. The van der Waals surface area contributed by atoms with Crippen LogP contribution in [0.5, 0.6) is 0 Å². The Labute approximate surface area is 409 Å². The van der Waals surface area contributed by atoms with E-state index in [4.69, 9.17) is 18.5 Å². The molecular formula is C57H109NO7P+. The Balaban J connectivity index is 4.08. The van der Waals surface area contributed by atoms with Crippen molar-refractivity contribution in [2.75, 3.05) is 54.1 Å². The van der Waals surface area contributed by atoms with E-state index in [2.05, 4.69) is 62.5 Å². The SMILES string of the molecule is CC/C=C\C/C=C\C/C=C\C/C=C\CCCCCCCCCOCC(COP(=O)(O)OCC[N+](C)(C)C)OC(=O)CCCCCCCCCCCCCCCCCCCCCCCCCC. The Kier molecular flexibility index (Phi) is 48.7. The maximum absolute atomic E-state index is 12.8. The fourth-order valence-corrected chi connectivity index (χ4v) is 8.64. The molecule has 9 heteroatoms. The molecule has 0 aromatic carbocycles. The summed E-state index contributed by atoms with van der Waals surface area (Å²) in [6.45, 7) is 5.53. The number of unbranched alkanes of at least 4 members (excludes halogenated alkanes) is 30. The van der Waals surface area contributed by atoms with Crippen molar-refractivity contribution < 1.29 is 37.3 Å². The van der Waals surface area contributed by atoms with Crippen molar-refractivity contribution in [3.63, 3.8) is 0 Å². The average molecular weight is 951 g/mol. The predicted molar refractivity (Wildman–Crippen MR) is 284 cm³/mol. The number of rotatable bonds is 52. The number of esters is 1. The van der Waals surface area contributed by atoms with Gasteiger partial charge in [0.15, 0.2) is 0 Å². The first-order valence-electron chi connectivity index (χ1n) is 27.9. The van der Waals surface area contributed by atoms with E-state index in [1.807, 2.05) is 21.1 Å². The Hall–Kier alpha value is -1.54. The fraction of sp³-hybridized carbons (Fsp3) is 0.842. The first-order chi connectivity index (χ1) is 32.1. The van der Waals surface area contributed by atoms with Gasteiger partial charge in [0, 0.05) is 13.0 Å². The van der Waals surface area contributed by atoms with Crippen LogP contribution in [0.3, 0.4) is 0 Å². The molecule has 388 valence electrons. The van der Waals surface area contributed by atoms with E-state index < -0.39 is 13.9 Å². The number of phosphoric acid groups is 1. The number of hydrogen-bond donors (Lipinski definition) is 1. The van der Waals surface area contributed by atoms with Gasteiger partial charge in [-0.3, -0.25) is 13.8 Å². The lowest BCUT2D eigenvalue weighted by Gasteiger charge is -2.24. The summed E-state index contributed by atoms with van der Waals surface area (Å²) in [5.74, 6) is -0.313. The monoisotopic (exact) mass is 951 g/mol. The van der Waals surface area contributed by atoms with Crippen molar-refractivity contribution in [3.05, 3.63) is 48.6 Å². The summed E-state index contributed by atoms with van der Waals surface area (Å²) in [5, 5.41) is 0. The second-order valence-electron chi connectivity index (χ2n) is 19.9. The zero-order valence-electron chi connectivity index (χ0n) is 44.2. The number of phosphoric ester groups is 1. The molecule has 0 saturated carbocycles. The molecular weight excluding hydrogens is 842 g/mol. The Morgan fingerprint density at radius 2 is 0.879 bits per heavy atom. The molecule has 0 fully saturated rings. The molecule has 0 radical (unpaired) electrons. The number of likely N-dealkylation sites (N-methyl/N-ethyl adjacent to an activating group) is 1. The lowest BCUT2D eigenvalue weighted by Crippen LogP contribution is -2.37. The van der Waals surface area contributed by atoms with Crippen LogP contribution in [0.1, 0.15) is 251 Å². The largest absolute Gasteiger partial charge is 0.472 e. The van der Waals surface area contributed by atoms with Crippen molar-refractivity contribution in [2.45, 2.75) is 258 Å². The molecule has 0 aliphatic heterocycles. The van der Waals surface area contributed by atoms with E-state index in [1.165, 1.54) is 167 Å². The average Bonchev–Trinajstić information content (AvgIpc) is 3.28. The molecule has 2 atom stereocenters. The Morgan fingerprint density at radius 1 is 0.485 bits per heavy atom. The Morgan fingerprint density at radius 3 is 1.32 bits per heavy atom. The van der Waals surface area contributed by atoms with E-state index in [-0.39, 0.29) is 25.8 Å². The van der Waals surface area contributed by atoms with Gasteiger partial charge < -0.3 is 18.9 Å². The molecule has 0 amide bonds. The van der Waals surface area contributed by atoms with Crippen LogP contribution >= 0.6 is 7.82 Å². The summed E-state index contributed by atoms with van der Waals surface area (Å²) in [7, 11) is 1.67. The molecule has 0 aromatic rings. The first-order valence-corrected chi connectivity index (χ1v) is 29.4. The number of allylic oxidation sites excluding steroid dienone is 8. The van der Waals surface area contributed by atoms with E-state index in [1.54, 1.807) is 0 Å². The van der Waals surface area contributed by atoms with E-state index >= 15 is 0 Å².